The second-order valence-corrected chi connectivity index (χ2v) is 7.88. The van der Waals surface area contributed by atoms with Gasteiger partial charge in [0, 0.05) is 34.8 Å². The molecule has 8 heteroatoms. The lowest BCUT2D eigenvalue weighted by atomic mass is 10.1. The average molecular weight is 442 g/mol. The molecule has 30 heavy (non-hydrogen) atoms. The first-order valence-electron chi connectivity index (χ1n) is 9.33. The van der Waals surface area contributed by atoms with Crippen LogP contribution in [-0.4, -0.2) is 37.1 Å². The summed E-state index contributed by atoms with van der Waals surface area (Å²) in [4.78, 5) is 17.1. The third-order valence-electron chi connectivity index (χ3n) is 4.62. The summed E-state index contributed by atoms with van der Waals surface area (Å²) in [7, 11) is 1.60. The van der Waals surface area contributed by atoms with Gasteiger partial charge in [0.1, 0.15) is 11.7 Å². The zero-order valence-corrected chi connectivity index (χ0v) is 17.9. The van der Waals surface area contributed by atoms with E-state index in [1.165, 1.54) is 0 Å². The zero-order valence-electron chi connectivity index (χ0n) is 16.3. The van der Waals surface area contributed by atoms with Crippen LogP contribution in [0.3, 0.4) is 0 Å². The van der Waals surface area contributed by atoms with Gasteiger partial charge in [-0.05, 0) is 60.5 Å². The highest BCUT2D eigenvalue weighted by Gasteiger charge is 2.14. The molecule has 1 fully saturated rings. The predicted octanol–water partition coefficient (Wildman–Crippen LogP) is 5.11. The van der Waals surface area contributed by atoms with Gasteiger partial charge in [-0.2, -0.15) is 0 Å². The van der Waals surface area contributed by atoms with Crippen LogP contribution >= 0.6 is 23.5 Å². The molecule has 6 nitrogen and oxygen atoms in total. The Hall–Kier alpha value is -2.74. The molecule has 1 aromatic heterocycles. The van der Waals surface area contributed by atoms with Gasteiger partial charge in [0.2, 0.25) is 0 Å². The fourth-order valence-corrected chi connectivity index (χ4v) is 4.05. The molecular formula is C22H20ClN3O3S. The van der Waals surface area contributed by atoms with Gasteiger partial charge in [0.05, 0.1) is 31.0 Å². The maximum absolute atomic E-state index is 12.7. The number of anilines is 2. The summed E-state index contributed by atoms with van der Waals surface area (Å²) in [5.74, 6) is 1.13. The van der Waals surface area contributed by atoms with Crippen molar-refractivity contribution in [3.8, 4) is 17.0 Å². The molecule has 1 aliphatic heterocycles. The molecule has 4 rings (SSSR count). The van der Waals surface area contributed by atoms with E-state index in [1.807, 2.05) is 24.3 Å². The molecule has 0 aliphatic carbocycles. The molecule has 0 atom stereocenters. The largest absolute Gasteiger partial charge is 0.497 e. The molecule has 0 unspecified atom stereocenters. The Morgan fingerprint density at radius 1 is 1.20 bits per heavy atom. The van der Waals surface area contributed by atoms with Crippen molar-refractivity contribution in [2.24, 2.45) is 0 Å². The number of carbonyl (C=O) groups excluding carboxylic acids is 1. The SMILES string of the molecule is COc1ccnc(-c2cc(NC(=O)c3ccc(N4CCOCS4)cc3)ccc2Cl)c1. The molecule has 0 spiro atoms. The van der Waals surface area contributed by atoms with Crippen molar-refractivity contribution in [3.05, 3.63) is 71.4 Å². The van der Waals surface area contributed by atoms with Crippen LogP contribution in [0.4, 0.5) is 11.4 Å². The van der Waals surface area contributed by atoms with E-state index in [0.29, 0.717) is 45.8 Å². The van der Waals surface area contributed by atoms with Gasteiger partial charge < -0.3 is 19.1 Å². The van der Waals surface area contributed by atoms with E-state index in [4.69, 9.17) is 21.1 Å². The Labute approximate surface area is 184 Å². The van der Waals surface area contributed by atoms with Crippen molar-refractivity contribution in [1.29, 1.82) is 0 Å². The van der Waals surface area contributed by atoms with Gasteiger partial charge in [0.25, 0.3) is 5.91 Å². The van der Waals surface area contributed by atoms with Crippen LogP contribution in [0, 0.1) is 0 Å². The fourth-order valence-electron chi connectivity index (χ4n) is 3.04. The Bertz CT molecular complexity index is 1040. The number of benzene rings is 2. The molecule has 0 saturated carbocycles. The molecule has 154 valence electrons. The molecule has 1 aliphatic rings. The molecule has 3 aromatic rings. The number of ether oxygens (including phenoxy) is 2. The summed E-state index contributed by atoms with van der Waals surface area (Å²) in [6.07, 6.45) is 1.66. The highest BCUT2D eigenvalue weighted by Crippen LogP contribution is 2.31. The van der Waals surface area contributed by atoms with Gasteiger partial charge >= 0.3 is 0 Å². The first kappa shape index (κ1) is 20.5. The molecule has 2 heterocycles. The first-order chi connectivity index (χ1) is 14.6. The van der Waals surface area contributed by atoms with Crippen LogP contribution in [0.5, 0.6) is 5.75 Å². The van der Waals surface area contributed by atoms with Crippen LogP contribution in [0.1, 0.15) is 10.4 Å². The topological polar surface area (TPSA) is 63.7 Å². The lowest BCUT2D eigenvalue weighted by Crippen LogP contribution is -2.26. The second-order valence-electron chi connectivity index (χ2n) is 6.53. The number of carbonyl (C=O) groups is 1. The van der Waals surface area contributed by atoms with Crippen molar-refractivity contribution in [2.45, 2.75) is 0 Å². The van der Waals surface area contributed by atoms with Crippen molar-refractivity contribution >= 4 is 40.8 Å². The van der Waals surface area contributed by atoms with Crippen molar-refractivity contribution in [2.75, 3.05) is 35.8 Å². The number of nitrogens with one attached hydrogen (secondary N) is 1. The van der Waals surface area contributed by atoms with E-state index < -0.39 is 0 Å². The third kappa shape index (κ3) is 4.70. The number of hydrogen-bond donors (Lipinski definition) is 1. The number of methoxy groups -OCH3 is 1. The van der Waals surface area contributed by atoms with E-state index >= 15 is 0 Å². The second kappa shape index (κ2) is 9.38. The van der Waals surface area contributed by atoms with Crippen LogP contribution in [0.15, 0.2) is 60.8 Å². The molecule has 0 radical (unpaired) electrons. The normalized spacial score (nSPS) is 13.7. The predicted molar refractivity (Wildman–Crippen MR) is 121 cm³/mol. The molecule has 1 saturated heterocycles. The first-order valence-corrected chi connectivity index (χ1v) is 10.7. The summed E-state index contributed by atoms with van der Waals surface area (Å²) in [6, 6.07) is 16.4. The van der Waals surface area contributed by atoms with Gasteiger partial charge in [-0.3, -0.25) is 9.78 Å². The minimum Gasteiger partial charge on any atom is -0.497 e. The molecular weight excluding hydrogens is 422 g/mol. The highest BCUT2D eigenvalue weighted by atomic mass is 35.5. The summed E-state index contributed by atoms with van der Waals surface area (Å²) < 4.78 is 12.8. The van der Waals surface area contributed by atoms with Crippen LogP contribution in [0.25, 0.3) is 11.3 Å². The smallest absolute Gasteiger partial charge is 0.255 e. The van der Waals surface area contributed by atoms with Crippen LogP contribution < -0.4 is 14.4 Å². The van der Waals surface area contributed by atoms with Gasteiger partial charge in [-0.1, -0.05) is 11.6 Å². The van der Waals surface area contributed by atoms with Gasteiger partial charge in [-0.15, -0.1) is 0 Å². The Kier molecular flexibility index (Phi) is 6.42. The minimum absolute atomic E-state index is 0.192. The van der Waals surface area contributed by atoms with Crippen molar-refractivity contribution < 1.29 is 14.3 Å². The standard InChI is InChI=1S/C22H20ClN3O3S/c1-28-18-8-9-24-21(13-18)19-12-16(4-7-20(19)23)25-22(27)15-2-5-17(6-3-15)26-10-11-29-14-30-26/h2-9,12-13H,10-11,14H2,1H3,(H,25,27). The summed E-state index contributed by atoms with van der Waals surface area (Å²) >= 11 is 7.98. The number of rotatable bonds is 5. The number of nitrogens with zero attached hydrogens (tertiary/aromatic N) is 2. The fraction of sp³-hybridized carbons (Fsp3) is 0.182. The summed E-state index contributed by atoms with van der Waals surface area (Å²) in [6.45, 7) is 1.53. The van der Waals surface area contributed by atoms with E-state index in [-0.39, 0.29) is 5.91 Å². The van der Waals surface area contributed by atoms with E-state index in [0.717, 1.165) is 12.2 Å². The van der Waals surface area contributed by atoms with E-state index in [1.54, 1.807) is 55.6 Å². The quantitative estimate of drug-likeness (QED) is 0.555. The van der Waals surface area contributed by atoms with Crippen molar-refractivity contribution in [1.82, 2.24) is 4.98 Å². The monoisotopic (exact) mass is 441 g/mol. The van der Waals surface area contributed by atoms with E-state index in [2.05, 4.69) is 14.6 Å². The van der Waals surface area contributed by atoms with Crippen LogP contribution in [0.2, 0.25) is 5.02 Å². The summed E-state index contributed by atoms with van der Waals surface area (Å²) in [5.41, 5.74) is 3.65. The number of halogens is 1. The molecule has 0 bridgehead atoms. The maximum Gasteiger partial charge on any atom is 0.255 e. The van der Waals surface area contributed by atoms with Gasteiger partial charge in [0.15, 0.2) is 0 Å². The number of aromatic nitrogens is 1. The number of amides is 1. The minimum atomic E-state index is -0.192. The van der Waals surface area contributed by atoms with Crippen molar-refractivity contribution in [3.63, 3.8) is 0 Å². The maximum atomic E-state index is 12.7. The Balaban J connectivity index is 1.50. The van der Waals surface area contributed by atoms with Crippen LogP contribution in [-0.2, 0) is 4.74 Å². The lowest BCUT2D eigenvalue weighted by molar-refractivity contribution is 0.102. The summed E-state index contributed by atoms with van der Waals surface area (Å²) in [5, 5.41) is 3.47. The number of pyridine rings is 1. The molecule has 2 aromatic carbocycles. The highest BCUT2D eigenvalue weighted by molar-refractivity contribution is 8.00. The Morgan fingerprint density at radius 2 is 2.03 bits per heavy atom. The molecule has 1 N–H and O–H groups in total. The van der Waals surface area contributed by atoms with E-state index in [9.17, 15) is 4.79 Å². The Morgan fingerprint density at radius 3 is 2.77 bits per heavy atom. The number of hydrogen-bond acceptors (Lipinski definition) is 6. The third-order valence-corrected chi connectivity index (χ3v) is 5.92. The van der Waals surface area contributed by atoms with Gasteiger partial charge in [-0.25, -0.2) is 0 Å². The average Bonchev–Trinajstić information content (AvgIpc) is 2.81. The molecule has 1 amide bonds. The zero-order chi connectivity index (χ0) is 20.9. The lowest BCUT2D eigenvalue weighted by Gasteiger charge is -2.27.